The van der Waals surface area contributed by atoms with Crippen LogP contribution in [0.25, 0.3) is 0 Å². The van der Waals surface area contributed by atoms with E-state index in [2.05, 4.69) is 37.6 Å². The van der Waals surface area contributed by atoms with E-state index >= 15 is 0 Å². The van der Waals surface area contributed by atoms with Crippen molar-refractivity contribution < 1.29 is 4.79 Å². The third-order valence-electron chi connectivity index (χ3n) is 3.02. The highest BCUT2D eigenvalue weighted by molar-refractivity contribution is 9.10. The molecule has 0 atom stereocenters. The average molecular weight is 369 g/mol. The maximum Gasteiger partial charge on any atom is 0.221 e. The van der Waals surface area contributed by atoms with Gasteiger partial charge in [-0.3, -0.25) is 9.79 Å². The van der Waals surface area contributed by atoms with Crippen LogP contribution in [0.1, 0.15) is 25.8 Å². The lowest BCUT2D eigenvalue weighted by Gasteiger charge is -2.22. The molecule has 2 N–H and O–H groups in total. The van der Waals surface area contributed by atoms with Crippen molar-refractivity contribution in [3.63, 3.8) is 0 Å². The molecule has 5 nitrogen and oxygen atoms in total. The van der Waals surface area contributed by atoms with E-state index in [4.69, 9.17) is 0 Å². The third-order valence-corrected chi connectivity index (χ3v) is 3.80. The van der Waals surface area contributed by atoms with Gasteiger partial charge in [0.2, 0.25) is 5.91 Å². The molecule has 0 fully saturated rings. The van der Waals surface area contributed by atoms with E-state index in [0.29, 0.717) is 13.0 Å². The lowest BCUT2D eigenvalue weighted by atomic mass is 10.2. The molecule has 22 heavy (non-hydrogen) atoms. The number of guanidine groups is 1. The van der Waals surface area contributed by atoms with Crippen LogP contribution in [0.15, 0.2) is 33.7 Å². The first-order chi connectivity index (χ1) is 10.4. The van der Waals surface area contributed by atoms with Gasteiger partial charge in [-0.05, 0) is 25.5 Å². The van der Waals surface area contributed by atoms with Crippen LogP contribution in [0.5, 0.6) is 0 Å². The molecular formula is C16H25BrN4O. The molecule has 0 bridgehead atoms. The van der Waals surface area contributed by atoms with Crippen molar-refractivity contribution in [2.45, 2.75) is 32.9 Å². The number of hydrogen-bond acceptors (Lipinski definition) is 2. The molecule has 0 heterocycles. The molecule has 0 spiro atoms. The first-order valence-electron chi connectivity index (χ1n) is 7.38. The van der Waals surface area contributed by atoms with Gasteiger partial charge in [0.25, 0.3) is 0 Å². The molecular weight excluding hydrogens is 344 g/mol. The Balaban J connectivity index is 2.47. The first kappa shape index (κ1) is 18.5. The SMILES string of the molecule is CN=C(NCCC(=O)NC(C)C)N(C)Cc1ccccc1Br. The van der Waals surface area contributed by atoms with E-state index in [1.54, 1.807) is 7.05 Å². The number of nitrogens with zero attached hydrogens (tertiary/aromatic N) is 2. The zero-order valence-corrected chi connectivity index (χ0v) is 15.3. The number of hydrogen-bond donors (Lipinski definition) is 2. The molecule has 6 heteroatoms. The van der Waals surface area contributed by atoms with Gasteiger partial charge in [-0.1, -0.05) is 34.1 Å². The maximum absolute atomic E-state index is 11.6. The molecule has 1 aromatic rings. The van der Waals surface area contributed by atoms with Crippen molar-refractivity contribution in [2.75, 3.05) is 20.6 Å². The lowest BCUT2D eigenvalue weighted by Crippen LogP contribution is -2.40. The van der Waals surface area contributed by atoms with Crippen molar-refractivity contribution >= 4 is 27.8 Å². The van der Waals surface area contributed by atoms with Gasteiger partial charge in [0.15, 0.2) is 5.96 Å². The fraction of sp³-hybridized carbons (Fsp3) is 0.500. The molecule has 0 aromatic heterocycles. The first-order valence-corrected chi connectivity index (χ1v) is 8.18. The third kappa shape index (κ3) is 6.47. The van der Waals surface area contributed by atoms with E-state index in [9.17, 15) is 4.79 Å². The number of rotatable bonds is 6. The summed E-state index contributed by atoms with van der Waals surface area (Å²) in [6, 6.07) is 8.28. The summed E-state index contributed by atoms with van der Waals surface area (Å²) in [5, 5.41) is 6.09. The highest BCUT2D eigenvalue weighted by Gasteiger charge is 2.09. The monoisotopic (exact) mass is 368 g/mol. The van der Waals surface area contributed by atoms with Crippen LogP contribution in [0.3, 0.4) is 0 Å². The summed E-state index contributed by atoms with van der Waals surface area (Å²) in [5.41, 5.74) is 1.19. The van der Waals surface area contributed by atoms with Crippen molar-refractivity contribution in [1.29, 1.82) is 0 Å². The number of benzene rings is 1. The fourth-order valence-corrected chi connectivity index (χ4v) is 2.43. The Hall–Kier alpha value is -1.56. The largest absolute Gasteiger partial charge is 0.356 e. The zero-order valence-electron chi connectivity index (χ0n) is 13.7. The summed E-state index contributed by atoms with van der Waals surface area (Å²) in [6.45, 7) is 5.20. The van der Waals surface area contributed by atoms with Gasteiger partial charge in [0.05, 0.1) is 0 Å². The molecule has 0 aliphatic rings. The Morgan fingerprint density at radius 3 is 2.64 bits per heavy atom. The summed E-state index contributed by atoms with van der Waals surface area (Å²) in [6.07, 6.45) is 0.431. The Labute approximate surface area is 141 Å². The quantitative estimate of drug-likeness (QED) is 0.598. The molecule has 0 radical (unpaired) electrons. The highest BCUT2D eigenvalue weighted by Crippen LogP contribution is 2.17. The minimum absolute atomic E-state index is 0.0476. The van der Waals surface area contributed by atoms with Crippen molar-refractivity contribution in [3.05, 3.63) is 34.3 Å². The maximum atomic E-state index is 11.6. The Morgan fingerprint density at radius 2 is 2.05 bits per heavy atom. The number of nitrogens with one attached hydrogen (secondary N) is 2. The van der Waals surface area contributed by atoms with Gasteiger partial charge in [-0.25, -0.2) is 0 Å². The van der Waals surface area contributed by atoms with Crippen molar-refractivity contribution in [1.82, 2.24) is 15.5 Å². The van der Waals surface area contributed by atoms with Crippen LogP contribution in [0, 0.1) is 0 Å². The molecule has 122 valence electrons. The fourth-order valence-electron chi connectivity index (χ4n) is 2.02. The highest BCUT2D eigenvalue weighted by atomic mass is 79.9. The number of carbonyl (C=O) groups is 1. The minimum Gasteiger partial charge on any atom is -0.356 e. The van der Waals surface area contributed by atoms with Gasteiger partial charge >= 0.3 is 0 Å². The van der Waals surface area contributed by atoms with Crippen LogP contribution in [0.4, 0.5) is 0 Å². The molecule has 0 aliphatic carbocycles. The Bertz CT molecular complexity index is 517. The molecule has 1 amide bonds. The zero-order chi connectivity index (χ0) is 16.5. The van der Waals surface area contributed by atoms with Crippen LogP contribution < -0.4 is 10.6 Å². The van der Waals surface area contributed by atoms with Gasteiger partial charge in [-0.2, -0.15) is 0 Å². The normalized spacial score (nSPS) is 11.5. The number of halogens is 1. The molecule has 0 saturated heterocycles. The van der Waals surface area contributed by atoms with E-state index in [-0.39, 0.29) is 11.9 Å². The van der Waals surface area contributed by atoms with E-state index in [1.165, 1.54) is 5.56 Å². The van der Waals surface area contributed by atoms with Crippen LogP contribution >= 0.6 is 15.9 Å². The predicted octanol–water partition coefficient (Wildman–Crippen LogP) is 2.37. The molecule has 0 aliphatic heterocycles. The summed E-state index contributed by atoms with van der Waals surface area (Å²) >= 11 is 3.55. The summed E-state index contributed by atoms with van der Waals surface area (Å²) < 4.78 is 1.08. The second-order valence-corrected chi connectivity index (χ2v) is 6.25. The predicted molar refractivity (Wildman–Crippen MR) is 94.9 cm³/mol. The van der Waals surface area contributed by atoms with E-state index < -0.39 is 0 Å². The number of carbonyl (C=O) groups excluding carboxylic acids is 1. The Kier molecular flexibility index (Phi) is 7.95. The summed E-state index contributed by atoms with van der Waals surface area (Å²) in [7, 11) is 3.72. The smallest absolute Gasteiger partial charge is 0.221 e. The number of amides is 1. The molecule has 0 saturated carbocycles. The van der Waals surface area contributed by atoms with Crippen LogP contribution in [-0.4, -0.2) is 43.4 Å². The molecule has 0 unspecified atom stereocenters. The summed E-state index contributed by atoms with van der Waals surface area (Å²) in [4.78, 5) is 17.9. The van der Waals surface area contributed by atoms with Crippen LogP contribution in [-0.2, 0) is 11.3 Å². The Morgan fingerprint density at radius 1 is 1.36 bits per heavy atom. The second-order valence-electron chi connectivity index (χ2n) is 5.39. The van der Waals surface area contributed by atoms with Crippen LogP contribution in [0.2, 0.25) is 0 Å². The number of aliphatic imine (C=N–C) groups is 1. The van der Waals surface area contributed by atoms with Gasteiger partial charge in [-0.15, -0.1) is 0 Å². The van der Waals surface area contributed by atoms with Gasteiger partial charge in [0.1, 0.15) is 0 Å². The van der Waals surface area contributed by atoms with Gasteiger partial charge in [0, 0.05) is 44.1 Å². The van der Waals surface area contributed by atoms with E-state index in [0.717, 1.165) is 17.0 Å². The van der Waals surface area contributed by atoms with Crippen molar-refractivity contribution in [3.8, 4) is 0 Å². The van der Waals surface area contributed by atoms with Crippen molar-refractivity contribution in [2.24, 2.45) is 4.99 Å². The molecule has 1 rings (SSSR count). The van der Waals surface area contributed by atoms with Gasteiger partial charge < -0.3 is 15.5 Å². The average Bonchev–Trinajstić information content (AvgIpc) is 2.45. The molecule has 1 aromatic carbocycles. The second kappa shape index (κ2) is 9.46. The standard InChI is InChI=1S/C16H25BrN4O/c1-12(2)20-15(22)9-10-19-16(18-3)21(4)11-13-7-5-6-8-14(13)17/h5-8,12H,9-11H2,1-4H3,(H,18,19)(H,20,22). The topological polar surface area (TPSA) is 56.7 Å². The summed E-state index contributed by atoms with van der Waals surface area (Å²) in [5.74, 6) is 0.819. The van der Waals surface area contributed by atoms with E-state index in [1.807, 2.05) is 44.0 Å². The minimum atomic E-state index is 0.0476. The lowest BCUT2D eigenvalue weighted by molar-refractivity contribution is -0.121.